The number of nitrogens with zero attached hydrogens (tertiary/aromatic N) is 4. The van der Waals surface area contributed by atoms with Gasteiger partial charge in [-0.05, 0) is 18.2 Å². The molecule has 0 saturated heterocycles. The summed E-state index contributed by atoms with van der Waals surface area (Å²) in [7, 11) is 1.80. The van der Waals surface area contributed by atoms with E-state index in [1.54, 1.807) is 40.7 Å². The van der Waals surface area contributed by atoms with Gasteiger partial charge in [-0.3, -0.25) is 4.40 Å². The largest absolute Gasteiger partial charge is 0.353 e. The lowest BCUT2D eigenvalue weighted by molar-refractivity contribution is 0.607. The van der Waals surface area contributed by atoms with E-state index in [-0.39, 0.29) is 5.82 Å². The number of benzene rings is 1. The molecule has 1 aromatic carbocycles. The SMILES string of the molecule is CN(Cc1ccccc1F)c1nc2ccccn2c1C#N. The Labute approximate surface area is 121 Å². The van der Waals surface area contributed by atoms with E-state index < -0.39 is 0 Å². The molecule has 21 heavy (non-hydrogen) atoms. The van der Waals surface area contributed by atoms with Gasteiger partial charge < -0.3 is 4.90 Å². The first-order valence-electron chi connectivity index (χ1n) is 6.52. The van der Waals surface area contributed by atoms with Gasteiger partial charge in [0.1, 0.15) is 17.5 Å². The third-order valence-corrected chi connectivity index (χ3v) is 3.34. The second-order valence-corrected chi connectivity index (χ2v) is 4.77. The van der Waals surface area contributed by atoms with Crippen LogP contribution < -0.4 is 4.90 Å². The van der Waals surface area contributed by atoms with Crippen molar-refractivity contribution >= 4 is 11.5 Å². The second kappa shape index (κ2) is 5.25. The van der Waals surface area contributed by atoms with E-state index in [4.69, 9.17) is 0 Å². The predicted octanol–water partition coefficient (Wildman–Crippen LogP) is 2.98. The van der Waals surface area contributed by atoms with Crippen LogP contribution >= 0.6 is 0 Å². The van der Waals surface area contributed by atoms with Crippen molar-refractivity contribution in [2.75, 3.05) is 11.9 Å². The van der Waals surface area contributed by atoms with E-state index in [1.165, 1.54) is 6.07 Å². The number of halogens is 1. The summed E-state index contributed by atoms with van der Waals surface area (Å²) in [5.74, 6) is 0.290. The highest BCUT2D eigenvalue weighted by Crippen LogP contribution is 2.22. The van der Waals surface area contributed by atoms with Crippen LogP contribution in [-0.4, -0.2) is 16.4 Å². The van der Waals surface area contributed by atoms with Crippen molar-refractivity contribution in [1.82, 2.24) is 9.38 Å². The van der Waals surface area contributed by atoms with E-state index in [9.17, 15) is 9.65 Å². The summed E-state index contributed by atoms with van der Waals surface area (Å²) < 4.78 is 15.5. The summed E-state index contributed by atoms with van der Waals surface area (Å²) >= 11 is 0. The lowest BCUT2D eigenvalue weighted by Crippen LogP contribution is -2.18. The van der Waals surface area contributed by atoms with Crippen molar-refractivity contribution in [2.24, 2.45) is 0 Å². The molecule has 3 rings (SSSR count). The van der Waals surface area contributed by atoms with E-state index in [0.29, 0.717) is 29.3 Å². The van der Waals surface area contributed by atoms with Gasteiger partial charge in [0.2, 0.25) is 0 Å². The maximum atomic E-state index is 13.7. The monoisotopic (exact) mass is 280 g/mol. The van der Waals surface area contributed by atoms with Crippen LogP contribution in [0.25, 0.3) is 5.65 Å². The highest BCUT2D eigenvalue weighted by Gasteiger charge is 2.16. The molecule has 0 atom stereocenters. The Morgan fingerprint density at radius 1 is 1.24 bits per heavy atom. The Morgan fingerprint density at radius 3 is 2.76 bits per heavy atom. The molecular formula is C16H13FN4. The van der Waals surface area contributed by atoms with E-state index in [0.717, 1.165) is 0 Å². The summed E-state index contributed by atoms with van der Waals surface area (Å²) in [6.45, 7) is 0.352. The van der Waals surface area contributed by atoms with Gasteiger partial charge >= 0.3 is 0 Å². The van der Waals surface area contributed by atoms with Gasteiger partial charge in [0.25, 0.3) is 0 Å². The number of nitriles is 1. The Balaban J connectivity index is 2.00. The number of pyridine rings is 1. The number of fused-ring (bicyclic) bond motifs is 1. The topological polar surface area (TPSA) is 44.3 Å². The summed E-state index contributed by atoms with van der Waals surface area (Å²) in [5, 5.41) is 9.36. The molecule has 2 aromatic heterocycles. The van der Waals surface area contributed by atoms with Gasteiger partial charge in [-0.15, -0.1) is 0 Å². The van der Waals surface area contributed by atoms with Crippen LogP contribution in [0.5, 0.6) is 0 Å². The number of anilines is 1. The lowest BCUT2D eigenvalue weighted by Gasteiger charge is -2.17. The Kier molecular flexibility index (Phi) is 3.28. The van der Waals surface area contributed by atoms with Gasteiger partial charge in [0, 0.05) is 25.4 Å². The van der Waals surface area contributed by atoms with Crippen LogP contribution in [0.1, 0.15) is 11.3 Å². The average molecular weight is 280 g/mol. The fraction of sp³-hybridized carbons (Fsp3) is 0.125. The normalized spacial score (nSPS) is 10.5. The van der Waals surface area contributed by atoms with Crippen molar-refractivity contribution in [3.8, 4) is 6.07 Å². The van der Waals surface area contributed by atoms with Crippen molar-refractivity contribution in [1.29, 1.82) is 5.26 Å². The van der Waals surface area contributed by atoms with Gasteiger partial charge in [-0.2, -0.15) is 5.26 Å². The van der Waals surface area contributed by atoms with Crippen molar-refractivity contribution < 1.29 is 4.39 Å². The zero-order chi connectivity index (χ0) is 14.8. The van der Waals surface area contributed by atoms with Gasteiger partial charge in [0.05, 0.1) is 0 Å². The van der Waals surface area contributed by atoms with Crippen LogP contribution in [0.3, 0.4) is 0 Å². The molecule has 2 heterocycles. The third-order valence-electron chi connectivity index (χ3n) is 3.34. The number of hydrogen-bond donors (Lipinski definition) is 0. The molecule has 4 nitrogen and oxygen atoms in total. The fourth-order valence-corrected chi connectivity index (χ4v) is 2.31. The number of imidazole rings is 1. The highest BCUT2D eigenvalue weighted by atomic mass is 19.1. The molecule has 0 fully saturated rings. The summed E-state index contributed by atoms with van der Waals surface area (Å²) in [5.41, 5.74) is 1.72. The summed E-state index contributed by atoms with van der Waals surface area (Å²) in [4.78, 5) is 6.23. The van der Waals surface area contributed by atoms with Crippen LogP contribution in [0.2, 0.25) is 0 Å². The quantitative estimate of drug-likeness (QED) is 0.741. The first kappa shape index (κ1) is 13.1. The Hall–Kier alpha value is -2.87. The van der Waals surface area contributed by atoms with E-state index in [2.05, 4.69) is 11.1 Å². The number of hydrogen-bond acceptors (Lipinski definition) is 3. The van der Waals surface area contributed by atoms with Crippen LogP contribution in [0, 0.1) is 17.1 Å². The first-order chi connectivity index (χ1) is 10.2. The van der Waals surface area contributed by atoms with Crippen molar-refractivity contribution in [2.45, 2.75) is 6.54 Å². The fourth-order valence-electron chi connectivity index (χ4n) is 2.31. The molecular weight excluding hydrogens is 267 g/mol. The molecule has 0 unspecified atom stereocenters. The number of rotatable bonds is 3. The van der Waals surface area contributed by atoms with E-state index in [1.807, 2.05) is 18.2 Å². The maximum absolute atomic E-state index is 13.7. The van der Waals surface area contributed by atoms with Gasteiger partial charge in [-0.1, -0.05) is 24.3 Å². The number of aromatic nitrogens is 2. The molecule has 0 N–H and O–H groups in total. The molecule has 0 radical (unpaired) electrons. The molecule has 0 aliphatic rings. The van der Waals surface area contributed by atoms with Crippen molar-refractivity contribution in [3.05, 3.63) is 65.7 Å². The van der Waals surface area contributed by atoms with Crippen LogP contribution in [-0.2, 0) is 6.54 Å². The molecule has 0 bridgehead atoms. The first-order valence-corrected chi connectivity index (χ1v) is 6.52. The minimum Gasteiger partial charge on any atom is -0.353 e. The zero-order valence-corrected chi connectivity index (χ0v) is 11.5. The maximum Gasteiger partial charge on any atom is 0.169 e. The minimum atomic E-state index is -0.258. The molecule has 0 saturated carbocycles. The smallest absolute Gasteiger partial charge is 0.169 e. The average Bonchev–Trinajstić information content (AvgIpc) is 2.88. The third kappa shape index (κ3) is 2.32. The predicted molar refractivity (Wildman–Crippen MR) is 78.4 cm³/mol. The van der Waals surface area contributed by atoms with Crippen LogP contribution in [0.15, 0.2) is 48.7 Å². The molecule has 0 spiro atoms. The molecule has 0 aliphatic carbocycles. The Bertz CT molecular complexity index is 832. The zero-order valence-electron chi connectivity index (χ0n) is 11.5. The summed E-state index contributed by atoms with van der Waals surface area (Å²) in [6, 6.07) is 14.3. The Morgan fingerprint density at radius 2 is 2.00 bits per heavy atom. The molecule has 104 valence electrons. The summed E-state index contributed by atoms with van der Waals surface area (Å²) in [6.07, 6.45) is 1.79. The lowest BCUT2D eigenvalue weighted by atomic mass is 10.2. The minimum absolute atomic E-state index is 0.258. The van der Waals surface area contributed by atoms with Crippen LogP contribution in [0.4, 0.5) is 10.2 Å². The molecule has 0 amide bonds. The van der Waals surface area contributed by atoms with E-state index >= 15 is 0 Å². The van der Waals surface area contributed by atoms with Gasteiger partial charge in [0.15, 0.2) is 11.5 Å². The molecule has 3 aromatic rings. The van der Waals surface area contributed by atoms with Crippen molar-refractivity contribution in [3.63, 3.8) is 0 Å². The molecule has 0 aliphatic heterocycles. The van der Waals surface area contributed by atoms with Gasteiger partial charge in [-0.25, -0.2) is 9.37 Å². The second-order valence-electron chi connectivity index (χ2n) is 4.77. The standard InChI is InChI=1S/C16H13FN4/c1-20(11-12-6-2-3-7-13(12)17)16-14(10-18)21-9-5-4-8-15(21)19-16/h2-9H,11H2,1H3. The molecule has 5 heteroatoms. The highest BCUT2D eigenvalue weighted by molar-refractivity contribution is 5.60.